The molecule has 0 spiro atoms. The van der Waals surface area contributed by atoms with Crippen LogP contribution in [0, 0.1) is 11.8 Å². The molecule has 1 aromatic rings. The molecule has 130 valence electrons. The van der Waals surface area contributed by atoms with Crippen LogP contribution in [0.1, 0.15) is 78.0 Å². The molecular formula is C20H33NO2. The van der Waals surface area contributed by atoms with Gasteiger partial charge in [-0.15, -0.1) is 0 Å². The average molecular weight is 319 g/mol. The molecule has 0 heterocycles. The van der Waals surface area contributed by atoms with Gasteiger partial charge in [0.1, 0.15) is 0 Å². The minimum atomic E-state index is -0.0354. The predicted molar refractivity (Wildman–Crippen MR) is 98.9 cm³/mol. The Bertz CT molecular complexity index is 512. The van der Waals surface area contributed by atoms with E-state index in [0.717, 1.165) is 18.8 Å². The Kier molecular flexibility index (Phi) is 8.60. The van der Waals surface area contributed by atoms with E-state index in [1.807, 2.05) is 26.0 Å². The summed E-state index contributed by atoms with van der Waals surface area (Å²) in [4.78, 5) is 24.0. The SMILES string of the molecule is CC(C)CCCCCCC(=O)Nc1cccc(C(=O)C(C)C)c1.[HH]. The van der Waals surface area contributed by atoms with Gasteiger partial charge in [0.25, 0.3) is 0 Å². The highest BCUT2D eigenvalue weighted by Gasteiger charge is 2.11. The first-order chi connectivity index (χ1) is 10.9. The minimum Gasteiger partial charge on any atom is -0.326 e. The van der Waals surface area contributed by atoms with Crippen LogP contribution in [0.3, 0.4) is 0 Å². The largest absolute Gasteiger partial charge is 0.326 e. The van der Waals surface area contributed by atoms with Crippen LogP contribution < -0.4 is 5.32 Å². The fraction of sp³-hybridized carbons (Fsp3) is 0.600. The summed E-state index contributed by atoms with van der Waals surface area (Å²) in [7, 11) is 0. The maximum Gasteiger partial charge on any atom is 0.224 e. The third-order valence-electron chi connectivity index (χ3n) is 3.89. The second-order valence-electron chi connectivity index (χ2n) is 6.99. The van der Waals surface area contributed by atoms with Crippen LogP contribution in [0.2, 0.25) is 0 Å². The number of carbonyl (C=O) groups is 2. The first-order valence-corrected chi connectivity index (χ1v) is 8.84. The molecular weight excluding hydrogens is 286 g/mol. The molecule has 3 nitrogen and oxygen atoms in total. The molecule has 3 heteroatoms. The third-order valence-corrected chi connectivity index (χ3v) is 3.89. The van der Waals surface area contributed by atoms with Crippen LogP contribution in [-0.4, -0.2) is 11.7 Å². The first-order valence-electron chi connectivity index (χ1n) is 8.84. The molecule has 1 aromatic carbocycles. The van der Waals surface area contributed by atoms with E-state index in [2.05, 4.69) is 19.2 Å². The number of Topliss-reactive ketones (excluding diaryl/α,β-unsaturated/α-hetero) is 1. The summed E-state index contributed by atoms with van der Waals surface area (Å²) in [6.45, 7) is 8.25. The van der Waals surface area contributed by atoms with Crippen molar-refractivity contribution >= 4 is 17.4 Å². The molecule has 0 radical (unpaired) electrons. The van der Waals surface area contributed by atoms with Gasteiger partial charge in [-0.05, 0) is 24.5 Å². The van der Waals surface area contributed by atoms with E-state index in [-0.39, 0.29) is 19.0 Å². The van der Waals surface area contributed by atoms with Gasteiger partial charge in [0, 0.05) is 25.0 Å². The molecule has 1 rings (SSSR count). The molecule has 23 heavy (non-hydrogen) atoms. The molecule has 1 amide bonds. The number of amides is 1. The zero-order valence-electron chi connectivity index (χ0n) is 15.0. The molecule has 0 unspecified atom stereocenters. The normalized spacial score (nSPS) is 11.0. The maximum atomic E-state index is 12.0. The monoisotopic (exact) mass is 319 g/mol. The van der Waals surface area contributed by atoms with Crippen molar-refractivity contribution in [2.24, 2.45) is 11.8 Å². The van der Waals surface area contributed by atoms with Crippen molar-refractivity contribution in [3.8, 4) is 0 Å². The standard InChI is InChI=1S/C20H31NO2.H2/c1-15(2)10-7-5-6-8-13-19(22)21-18-12-9-11-17(14-18)20(23)16(3)4;/h9,11-12,14-16H,5-8,10,13H2,1-4H3,(H,21,22);1H. The first kappa shape index (κ1) is 19.4. The Balaban J connectivity index is 0.00000529. The fourth-order valence-electron chi connectivity index (χ4n) is 2.50. The molecule has 0 bridgehead atoms. The summed E-state index contributed by atoms with van der Waals surface area (Å²) in [6.07, 6.45) is 6.29. The van der Waals surface area contributed by atoms with Crippen LogP contribution in [0.4, 0.5) is 5.69 Å². The average Bonchev–Trinajstić information content (AvgIpc) is 2.49. The number of hydrogen-bond donors (Lipinski definition) is 1. The number of hydrogen-bond acceptors (Lipinski definition) is 2. The van der Waals surface area contributed by atoms with Crippen molar-refractivity contribution in [3.63, 3.8) is 0 Å². The molecule has 0 atom stereocenters. The summed E-state index contributed by atoms with van der Waals surface area (Å²) in [6, 6.07) is 7.21. The second kappa shape index (κ2) is 10.2. The third kappa shape index (κ3) is 7.96. The highest BCUT2D eigenvalue weighted by molar-refractivity contribution is 5.99. The van der Waals surface area contributed by atoms with Crippen molar-refractivity contribution in [1.29, 1.82) is 0 Å². The van der Waals surface area contributed by atoms with E-state index < -0.39 is 0 Å². The molecule has 0 aliphatic carbocycles. The number of unbranched alkanes of at least 4 members (excludes halogenated alkanes) is 3. The molecule has 0 saturated carbocycles. The number of rotatable bonds is 10. The molecule has 1 N–H and O–H groups in total. The van der Waals surface area contributed by atoms with Crippen LogP contribution in [0.15, 0.2) is 24.3 Å². The lowest BCUT2D eigenvalue weighted by Gasteiger charge is -2.09. The zero-order chi connectivity index (χ0) is 17.2. The van der Waals surface area contributed by atoms with Crippen molar-refractivity contribution in [3.05, 3.63) is 29.8 Å². The Labute approximate surface area is 142 Å². The summed E-state index contributed by atoms with van der Waals surface area (Å²) in [5, 5.41) is 2.89. The molecule has 0 aliphatic heterocycles. The van der Waals surface area contributed by atoms with Gasteiger partial charge in [-0.3, -0.25) is 9.59 Å². The van der Waals surface area contributed by atoms with Gasteiger partial charge >= 0.3 is 0 Å². The topological polar surface area (TPSA) is 46.2 Å². The van der Waals surface area contributed by atoms with Gasteiger partial charge in [-0.1, -0.05) is 65.5 Å². The van der Waals surface area contributed by atoms with Crippen LogP contribution in [-0.2, 0) is 4.79 Å². The summed E-state index contributed by atoms with van der Waals surface area (Å²) in [5.41, 5.74) is 1.37. The van der Waals surface area contributed by atoms with E-state index in [4.69, 9.17) is 0 Å². The van der Waals surface area contributed by atoms with Crippen molar-refractivity contribution in [2.45, 2.75) is 66.2 Å². The lowest BCUT2D eigenvalue weighted by atomic mass is 10.0. The van der Waals surface area contributed by atoms with Gasteiger partial charge in [0.15, 0.2) is 5.78 Å². The fourth-order valence-corrected chi connectivity index (χ4v) is 2.50. The van der Waals surface area contributed by atoms with E-state index in [1.165, 1.54) is 19.3 Å². The van der Waals surface area contributed by atoms with E-state index in [0.29, 0.717) is 17.7 Å². The van der Waals surface area contributed by atoms with Gasteiger partial charge < -0.3 is 5.32 Å². The highest BCUT2D eigenvalue weighted by Crippen LogP contribution is 2.15. The van der Waals surface area contributed by atoms with Crippen molar-refractivity contribution in [2.75, 3.05) is 5.32 Å². The number of ketones is 1. The Morgan fingerprint density at radius 3 is 2.39 bits per heavy atom. The Hall–Kier alpha value is -1.64. The van der Waals surface area contributed by atoms with Crippen LogP contribution in [0.5, 0.6) is 0 Å². The maximum absolute atomic E-state index is 12.0. The molecule has 0 aliphatic rings. The quantitative estimate of drug-likeness (QED) is 0.443. The van der Waals surface area contributed by atoms with Gasteiger partial charge in [0.2, 0.25) is 5.91 Å². The number of nitrogens with one attached hydrogen (secondary N) is 1. The number of benzene rings is 1. The molecule has 0 fully saturated rings. The lowest BCUT2D eigenvalue weighted by molar-refractivity contribution is -0.116. The summed E-state index contributed by atoms with van der Waals surface area (Å²) in [5.74, 6) is 0.861. The zero-order valence-corrected chi connectivity index (χ0v) is 15.0. The molecule has 0 saturated heterocycles. The van der Waals surface area contributed by atoms with Crippen molar-refractivity contribution < 1.29 is 11.0 Å². The van der Waals surface area contributed by atoms with Gasteiger partial charge in [-0.2, -0.15) is 0 Å². The second-order valence-corrected chi connectivity index (χ2v) is 6.99. The summed E-state index contributed by atoms with van der Waals surface area (Å²) >= 11 is 0. The minimum absolute atomic E-state index is 0. The number of carbonyl (C=O) groups excluding carboxylic acids is 2. The number of anilines is 1. The smallest absolute Gasteiger partial charge is 0.224 e. The van der Waals surface area contributed by atoms with Crippen LogP contribution >= 0.6 is 0 Å². The summed E-state index contributed by atoms with van der Waals surface area (Å²) < 4.78 is 0. The highest BCUT2D eigenvalue weighted by atomic mass is 16.1. The molecule has 0 aromatic heterocycles. The Morgan fingerprint density at radius 1 is 1.04 bits per heavy atom. The lowest BCUT2D eigenvalue weighted by Crippen LogP contribution is -2.12. The van der Waals surface area contributed by atoms with Gasteiger partial charge in [-0.25, -0.2) is 0 Å². The van der Waals surface area contributed by atoms with Crippen molar-refractivity contribution in [1.82, 2.24) is 0 Å². The van der Waals surface area contributed by atoms with E-state index in [1.54, 1.807) is 12.1 Å². The predicted octanol–water partition coefficient (Wildman–Crippen LogP) is 5.71. The van der Waals surface area contributed by atoms with E-state index in [9.17, 15) is 9.59 Å². The Morgan fingerprint density at radius 2 is 1.74 bits per heavy atom. The van der Waals surface area contributed by atoms with Gasteiger partial charge in [0.05, 0.1) is 0 Å². The van der Waals surface area contributed by atoms with Crippen LogP contribution in [0.25, 0.3) is 0 Å². The van der Waals surface area contributed by atoms with E-state index >= 15 is 0 Å².